The van der Waals surface area contributed by atoms with Gasteiger partial charge in [-0.05, 0) is 24.8 Å². The maximum Gasteiger partial charge on any atom is 0.327 e. The lowest BCUT2D eigenvalue weighted by Gasteiger charge is -2.24. The van der Waals surface area contributed by atoms with Crippen molar-refractivity contribution in [2.45, 2.75) is 18.4 Å². The number of ether oxygens (including phenoxy) is 1. The van der Waals surface area contributed by atoms with E-state index < -0.39 is 16.4 Å². The average Bonchev–Trinajstić information content (AvgIpc) is 3.20. The van der Waals surface area contributed by atoms with Crippen LogP contribution in [0.1, 0.15) is 12.8 Å². The van der Waals surface area contributed by atoms with Crippen molar-refractivity contribution in [3.63, 3.8) is 0 Å². The van der Waals surface area contributed by atoms with Crippen LogP contribution in [-0.4, -0.2) is 28.1 Å². The first-order valence-corrected chi connectivity index (χ1v) is 6.32. The van der Waals surface area contributed by atoms with E-state index >= 15 is 0 Å². The van der Waals surface area contributed by atoms with E-state index in [1.165, 1.54) is 18.2 Å². The van der Waals surface area contributed by atoms with Gasteiger partial charge in [-0.15, -0.1) is 0 Å². The van der Waals surface area contributed by atoms with E-state index in [1.807, 2.05) is 0 Å². The highest BCUT2D eigenvalue weighted by Crippen LogP contribution is 2.40. The Morgan fingerprint density at radius 1 is 1.60 bits per heavy atom. The molecule has 1 fully saturated rings. The van der Waals surface area contributed by atoms with Crippen LogP contribution in [0.3, 0.4) is 0 Å². The summed E-state index contributed by atoms with van der Waals surface area (Å²) in [5.41, 5.74) is 3.97. The van der Waals surface area contributed by atoms with Crippen LogP contribution in [0.15, 0.2) is 18.2 Å². The number of nitrogens with zero attached hydrogens (tertiary/aromatic N) is 1. The van der Waals surface area contributed by atoms with Crippen molar-refractivity contribution >= 4 is 23.3 Å². The Balaban J connectivity index is 2.22. The minimum atomic E-state index is -1.55. The van der Waals surface area contributed by atoms with Gasteiger partial charge >= 0.3 is 11.7 Å². The van der Waals surface area contributed by atoms with Crippen molar-refractivity contribution in [3.8, 4) is 5.75 Å². The summed E-state index contributed by atoms with van der Waals surface area (Å²) >= 11 is 5.86. The molecule has 108 valence electrons. The minimum Gasteiger partial charge on any atom is -0.483 e. The Hall–Kier alpha value is -1.86. The molecule has 0 amide bonds. The first-order valence-electron chi connectivity index (χ1n) is 5.94. The summed E-state index contributed by atoms with van der Waals surface area (Å²) in [6, 6.07) is 4.08. The van der Waals surface area contributed by atoms with E-state index in [0.29, 0.717) is 12.8 Å². The molecule has 1 aliphatic carbocycles. The molecule has 1 aromatic carbocycles. The third-order valence-electron chi connectivity index (χ3n) is 3.30. The van der Waals surface area contributed by atoms with Crippen molar-refractivity contribution in [1.29, 1.82) is 0 Å². The Kier molecular flexibility index (Phi) is 3.82. The molecule has 0 bridgehead atoms. The average molecular weight is 301 g/mol. The number of carboxylic acids is 1. The fraction of sp³-hybridized carbons (Fsp3) is 0.417. The van der Waals surface area contributed by atoms with E-state index in [1.54, 1.807) is 0 Å². The molecule has 20 heavy (non-hydrogen) atoms. The lowest BCUT2D eigenvalue weighted by atomic mass is 9.96. The fourth-order valence-corrected chi connectivity index (χ4v) is 2.15. The van der Waals surface area contributed by atoms with Crippen LogP contribution >= 0.6 is 11.6 Å². The van der Waals surface area contributed by atoms with Crippen LogP contribution in [0.25, 0.3) is 0 Å². The van der Waals surface area contributed by atoms with E-state index in [0.717, 1.165) is 0 Å². The number of nitro benzene ring substituents is 1. The van der Waals surface area contributed by atoms with Gasteiger partial charge in [0, 0.05) is 6.07 Å². The zero-order valence-electron chi connectivity index (χ0n) is 10.4. The van der Waals surface area contributed by atoms with Crippen LogP contribution in [-0.2, 0) is 4.79 Å². The number of para-hydroxylation sites is 1. The molecular formula is C12H13ClN2O5. The SMILES string of the molecule is NC(COc1c(Cl)cccc1[N+](=O)[O-])(C(=O)O)C1CC1. The smallest absolute Gasteiger partial charge is 0.327 e. The van der Waals surface area contributed by atoms with E-state index in [-0.39, 0.29) is 29.0 Å². The van der Waals surface area contributed by atoms with Crippen molar-refractivity contribution < 1.29 is 19.6 Å². The summed E-state index contributed by atoms with van der Waals surface area (Å²) in [5.74, 6) is -1.52. The first kappa shape index (κ1) is 14.5. The summed E-state index contributed by atoms with van der Waals surface area (Å²) in [4.78, 5) is 21.5. The zero-order valence-corrected chi connectivity index (χ0v) is 11.2. The number of benzene rings is 1. The molecule has 1 saturated carbocycles. The Labute approximate surface area is 119 Å². The molecule has 0 saturated heterocycles. The number of carboxylic acid groups (broad SMARTS) is 1. The van der Waals surface area contributed by atoms with Crippen molar-refractivity contribution in [2.24, 2.45) is 11.7 Å². The second-order valence-corrected chi connectivity index (χ2v) is 5.16. The van der Waals surface area contributed by atoms with Crippen LogP contribution in [0, 0.1) is 16.0 Å². The predicted octanol–water partition coefficient (Wildman–Crippen LogP) is 1.82. The molecule has 0 heterocycles. The van der Waals surface area contributed by atoms with Crippen molar-refractivity contribution in [2.75, 3.05) is 6.61 Å². The number of hydrogen-bond donors (Lipinski definition) is 2. The standard InChI is InChI=1S/C12H13ClN2O5/c13-8-2-1-3-9(15(18)19)10(8)20-6-12(14,11(16)17)7-4-5-7/h1-3,7H,4-6,14H2,(H,16,17). The topological polar surface area (TPSA) is 116 Å². The molecular weight excluding hydrogens is 288 g/mol. The third kappa shape index (κ3) is 2.68. The molecule has 0 radical (unpaired) electrons. The van der Waals surface area contributed by atoms with E-state index in [2.05, 4.69) is 0 Å². The molecule has 3 N–H and O–H groups in total. The lowest BCUT2D eigenvalue weighted by Crippen LogP contribution is -2.54. The van der Waals surface area contributed by atoms with Crippen LogP contribution < -0.4 is 10.5 Å². The summed E-state index contributed by atoms with van der Waals surface area (Å²) in [5, 5.41) is 20.1. The lowest BCUT2D eigenvalue weighted by molar-refractivity contribution is -0.385. The molecule has 0 spiro atoms. The normalized spacial score (nSPS) is 17.3. The quantitative estimate of drug-likeness (QED) is 0.611. The summed E-state index contributed by atoms with van der Waals surface area (Å²) in [6.07, 6.45) is 1.41. The van der Waals surface area contributed by atoms with Crippen LogP contribution in [0.4, 0.5) is 5.69 Å². The predicted molar refractivity (Wildman–Crippen MR) is 70.9 cm³/mol. The van der Waals surface area contributed by atoms with Gasteiger partial charge in [0.25, 0.3) is 0 Å². The molecule has 0 aliphatic heterocycles. The third-order valence-corrected chi connectivity index (χ3v) is 3.60. The van der Waals surface area contributed by atoms with Gasteiger partial charge in [-0.2, -0.15) is 0 Å². The highest BCUT2D eigenvalue weighted by atomic mass is 35.5. The highest BCUT2D eigenvalue weighted by molar-refractivity contribution is 6.32. The summed E-state index contributed by atoms with van der Waals surface area (Å²) in [7, 11) is 0. The van der Waals surface area contributed by atoms with Gasteiger partial charge in [-0.3, -0.25) is 14.9 Å². The fourth-order valence-electron chi connectivity index (χ4n) is 1.93. The van der Waals surface area contributed by atoms with Crippen molar-refractivity contribution in [3.05, 3.63) is 33.3 Å². The van der Waals surface area contributed by atoms with Crippen LogP contribution in [0.2, 0.25) is 5.02 Å². The Bertz CT molecular complexity index is 561. The number of aliphatic carboxylic acids is 1. The molecule has 1 unspecified atom stereocenters. The van der Waals surface area contributed by atoms with Gasteiger partial charge < -0.3 is 15.6 Å². The highest BCUT2D eigenvalue weighted by Gasteiger charge is 2.49. The van der Waals surface area contributed by atoms with Gasteiger partial charge in [0.2, 0.25) is 5.75 Å². The number of nitro groups is 1. The number of hydrogen-bond acceptors (Lipinski definition) is 5. The minimum absolute atomic E-state index is 0.0442. The number of nitrogens with two attached hydrogens (primary N) is 1. The Morgan fingerprint density at radius 3 is 2.75 bits per heavy atom. The maximum atomic E-state index is 11.3. The van der Waals surface area contributed by atoms with Gasteiger partial charge in [-0.25, -0.2) is 0 Å². The number of halogens is 1. The largest absolute Gasteiger partial charge is 0.483 e. The molecule has 1 aliphatic rings. The second kappa shape index (κ2) is 5.26. The first-order chi connectivity index (χ1) is 9.36. The second-order valence-electron chi connectivity index (χ2n) is 4.75. The van der Waals surface area contributed by atoms with Crippen LogP contribution in [0.5, 0.6) is 5.75 Å². The molecule has 7 nitrogen and oxygen atoms in total. The molecule has 1 atom stereocenters. The zero-order chi connectivity index (χ0) is 14.9. The van der Waals surface area contributed by atoms with E-state index in [4.69, 9.17) is 22.1 Å². The monoisotopic (exact) mass is 300 g/mol. The molecule has 8 heteroatoms. The summed E-state index contributed by atoms with van der Waals surface area (Å²) < 4.78 is 5.28. The van der Waals surface area contributed by atoms with Gasteiger partial charge in [0.05, 0.1) is 9.95 Å². The van der Waals surface area contributed by atoms with Gasteiger partial charge in [0.1, 0.15) is 6.61 Å². The maximum absolute atomic E-state index is 11.3. The summed E-state index contributed by atoms with van der Waals surface area (Å²) in [6.45, 7) is -0.364. The number of carbonyl (C=O) groups is 1. The molecule has 0 aromatic heterocycles. The molecule has 2 rings (SSSR count). The van der Waals surface area contributed by atoms with Crippen molar-refractivity contribution in [1.82, 2.24) is 0 Å². The molecule has 1 aromatic rings. The van der Waals surface area contributed by atoms with Gasteiger partial charge in [0.15, 0.2) is 5.54 Å². The Morgan fingerprint density at radius 2 is 2.25 bits per heavy atom. The van der Waals surface area contributed by atoms with Gasteiger partial charge in [-0.1, -0.05) is 17.7 Å². The van der Waals surface area contributed by atoms with E-state index in [9.17, 15) is 20.0 Å². The number of rotatable bonds is 6.